The normalized spacial score (nSPS) is 21.4. The Labute approximate surface area is 407 Å². The second-order valence-electron chi connectivity index (χ2n) is 19.6. The molecule has 2 aromatic rings. The molecule has 2 N–H and O–H groups in total. The van der Waals surface area contributed by atoms with Crippen molar-refractivity contribution in [3.63, 3.8) is 0 Å². The van der Waals surface area contributed by atoms with Crippen LogP contribution in [-0.4, -0.2) is 165 Å². The molecule has 1 amide bonds. The van der Waals surface area contributed by atoms with Crippen LogP contribution in [-0.2, 0) is 58.3 Å². The standard InChI is InChI=1S/C54H73N3O12/c1-37-6-8-45-43(32-37)53(2,3)50-41-33-40-34-42-47(69-48(40)36-38(41)10-14-56(45)50)11-15-57-46-9-7-39(35-44(46)54(4,5)51(42)57)52(60)55-13-17-62-19-21-64-23-25-66-27-29-68-31-30-67-28-26-65-24-22-63-20-18-61-16-12-49(58)59/h6-9,32-35,38,47-48H,10-31,36H2,1-5H3,(H-,55,58,59,60)/p+1/t38-,47-,48+/m1/s1. The van der Waals surface area contributed by atoms with Gasteiger partial charge in [-0.05, 0) is 80.5 Å². The van der Waals surface area contributed by atoms with Gasteiger partial charge >= 0.3 is 5.97 Å². The second kappa shape index (κ2) is 23.7. The molecule has 15 heteroatoms. The van der Waals surface area contributed by atoms with Gasteiger partial charge in [-0.1, -0.05) is 37.6 Å². The summed E-state index contributed by atoms with van der Waals surface area (Å²) >= 11 is 0. The molecule has 8 rings (SSSR count). The molecule has 15 nitrogen and oxygen atoms in total. The Morgan fingerprint density at radius 3 is 1.91 bits per heavy atom. The lowest BCUT2D eigenvalue weighted by Gasteiger charge is -2.44. The third-order valence-electron chi connectivity index (χ3n) is 14.2. The molecule has 0 fully saturated rings. The number of amides is 1. The maximum atomic E-state index is 13.4. The van der Waals surface area contributed by atoms with E-state index in [4.69, 9.17) is 47.7 Å². The van der Waals surface area contributed by atoms with Gasteiger partial charge in [-0.15, -0.1) is 0 Å². The van der Waals surface area contributed by atoms with Crippen molar-refractivity contribution in [3.8, 4) is 0 Å². The first-order chi connectivity index (χ1) is 33.4. The van der Waals surface area contributed by atoms with E-state index in [-0.39, 0.29) is 42.0 Å². The van der Waals surface area contributed by atoms with Crippen molar-refractivity contribution in [2.45, 2.75) is 83.3 Å². The van der Waals surface area contributed by atoms with Gasteiger partial charge in [0.25, 0.3) is 5.91 Å². The third-order valence-corrected chi connectivity index (χ3v) is 14.2. The molecule has 0 unspecified atom stereocenters. The summed E-state index contributed by atoms with van der Waals surface area (Å²) in [6, 6.07) is 13.1. The highest BCUT2D eigenvalue weighted by molar-refractivity contribution is 6.09. The van der Waals surface area contributed by atoms with Crippen LogP contribution < -0.4 is 10.2 Å². The number of allylic oxidation sites excluding steroid dienone is 3. The summed E-state index contributed by atoms with van der Waals surface area (Å²) in [5.41, 5.74) is 13.6. The first-order valence-electron chi connectivity index (χ1n) is 25.1. The molecule has 69 heavy (non-hydrogen) atoms. The molecule has 2 aromatic carbocycles. The second-order valence-corrected chi connectivity index (χ2v) is 19.6. The summed E-state index contributed by atoms with van der Waals surface area (Å²) < 4.78 is 53.4. The van der Waals surface area contributed by atoms with Gasteiger partial charge in [0, 0.05) is 59.1 Å². The summed E-state index contributed by atoms with van der Waals surface area (Å²) in [6.45, 7) is 20.7. The van der Waals surface area contributed by atoms with Crippen LogP contribution in [0.2, 0.25) is 0 Å². The summed E-state index contributed by atoms with van der Waals surface area (Å²) in [5, 5.41) is 11.6. The number of benzene rings is 2. The van der Waals surface area contributed by atoms with Crippen LogP contribution >= 0.6 is 0 Å². The SMILES string of the molecule is Cc1ccc2c(c1)C(C)(C)C1=C3C=C4C=C5C6=[N+](CC[C@H]5O[C@H]4C[C@H]3CCN12)c1ccc(C(=O)NCCOCCOCCOCCOCCOCCOCCOCCOCCC(=O)O)cc1C6(C)C. The zero-order valence-corrected chi connectivity index (χ0v) is 41.4. The Morgan fingerprint density at radius 2 is 1.30 bits per heavy atom. The lowest BCUT2D eigenvalue weighted by molar-refractivity contribution is -0.445. The van der Waals surface area contributed by atoms with Crippen LogP contribution in [0.3, 0.4) is 0 Å². The van der Waals surface area contributed by atoms with E-state index in [1.807, 2.05) is 6.07 Å². The Kier molecular flexibility index (Phi) is 17.6. The lowest BCUT2D eigenvalue weighted by Crippen LogP contribution is -2.46. The van der Waals surface area contributed by atoms with Gasteiger partial charge in [0.15, 0.2) is 12.3 Å². The van der Waals surface area contributed by atoms with E-state index in [2.05, 4.69) is 91.9 Å². The molecule has 0 saturated heterocycles. The number of carboxylic acids is 1. The van der Waals surface area contributed by atoms with Crippen LogP contribution in [0.1, 0.15) is 80.4 Å². The molecule has 1 aliphatic carbocycles. The predicted molar refractivity (Wildman–Crippen MR) is 261 cm³/mol. The molecule has 0 aromatic heterocycles. The lowest BCUT2D eigenvalue weighted by atomic mass is 9.71. The van der Waals surface area contributed by atoms with Gasteiger partial charge in [0.1, 0.15) is 0 Å². The summed E-state index contributed by atoms with van der Waals surface area (Å²) in [5.74, 6) is -0.480. The Hall–Kier alpha value is -4.29. The minimum absolute atomic E-state index is 0.00836. The zero-order valence-electron chi connectivity index (χ0n) is 41.4. The molecule has 5 aliphatic heterocycles. The number of nitrogens with zero attached hydrogens (tertiary/aromatic N) is 2. The average Bonchev–Trinajstić information content (AvgIpc) is 3.70. The van der Waals surface area contributed by atoms with Crippen molar-refractivity contribution < 1.29 is 61.9 Å². The number of carbonyl (C=O) groups excluding carboxylic acids is 1. The molecular formula is C54H74N3O12+. The maximum absolute atomic E-state index is 13.4. The largest absolute Gasteiger partial charge is 0.481 e. The minimum atomic E-state index is -0.877. The molecule has 6 aliphatic rings. The number of fused-ring (bicyclic) bond motifs is 9. The molecular weight excluding hydrogens is 883 g/mol. The fraction of sp³-hybridized carbons (Fsp3) is 0.611. The predicted octanol–water partition coefficient (Wildman–Crippen LogP) is 6.21. The first kappa shape index (κ1) is 51.1. The number of hydrogen-bond acceptors (Lipinski definition) is 12. The molecule has 0 saturated carbocycles. The van der Waals surface area contributed by atoms with Gasteiger partial charge < -0.3 is 58.0 Å². The number of anilines is 1. The van der Waals surface area contributed by atoms with E-state index in [1.54, 1.807) is 0 Å². The monoisotopic (exact) mass is 957 g/mol. The Bertz CT molecular complexity index is 2260. The summed E-state index contributed by atoms with van der Waals surface area (Å²) in [7, 11) is 0. The number of carbonyl (C=O) groups is 2. The molecule has 5 heterocycles. The van der Waals surface area contributed by atoms with Gasteiger partial charge in [-0.25, -0.2) is 0 Å². The van der Waals surface area contributed by atoms with Crippen LogP contribution in [0, 0.1) is 12.8 Å². The number of carboxylic acid groups (broad SMARTS) is 1. The smallest absolute Gasteiger partial charge is 0.305 e. The highest BCUT2D eigenvalue weighted by atomic mass is 16.6. The fourth-order valence-electron chi connectivity index (χ4n) is 10.8. The maximum Gasteiger partial charge on any atom is 0.305 e. The van der Waals surface area contributed by atoms with Crippen molar-refractivity contribution in [1.82, 2.24) is 5.32 Å². The van der Waals surface area contributed by atoms with E-state index in [1.165, 1.54) is 56.2 Å². The molecule has 3 atom stereocenters. The Morgan fingerprint density at radius 1 is 0.710 bits per heavy atom. The number of rotatable bonds is 28. The van der Waals surface area contributed by atoms with Gasteiger partial charge in [0.2, 0.25) is 5.69 Å². The first-order valence-corrected chi connectivity index (χ1v) is 25.1. The number of aliphatic carboxylic acids is 1. The van der Waals surface area contributed by atoms with Crippen molar-refractivity contribution in [1.29, 1.82) is 0 Å². The Balaban J connectivity index is 0.697. The van der Waals surface area contributed by atoms with E-state index >= 15 is 0 Å². The van der Waals surface area contributed by atoms with Gasteiger partial charge in [-0.2, -0.15) is 4.58 Å². The highest BCUT2D eigenvalue weighted by Crippen LogP contribution is 2.55. The van der Waals surface area contributed by atoms with E-state index in [9.17, 15) is 9.59 Å². The van der Waals surface area contributed by atoms with Crippen molar-refractivity contribution >= 4 is 29.0 Å². The van der Waals surface area contributed by atoms with Crippen molar-refractivity contribution in [2.24, 2.45) is 5.92 Å². The third kappa shape index (κ3) is 12.1. The minimum Gasteiger partial charge on any atom is -0.481 e. The van der Waals surface area contributed by atoms with Crippen molar-refractivity contribution in [3.05, 3.63) is 93.2 Å². The topological polar surface area (TPSA) is 156 Å². The molecule has 0 spiro atoms. The molecule has 0 radical (unpaired) electrons. The summed E-state index contributed by atoms with van der Waals surface area (Å²) in [6.07, 6.45) is 8.26. The fourth-order valence-corrected chi connectivity index (χ4v) is 10.8. The highest BCUT2D eigenvalue weighted by Gasteiger charge is 2.54. The van der Waals surface area contributed by atoms with Crippen LogP contribution in [0.5, 0.6) is 0 Å². The number of aryl methyl sites for hydroxylation is 1. The van der Waals surface area contributed by atoms with Gasteiger partial charge in [-0.3, -0.25) is 9.59 Å². The van der Waals surface area contributed by atoms with E-state index < -0.39 is 5.97 Å². The molecule has 376 valence electrons. The van der Waals surface area contributed by atoms with Crippen LogP contribution in [0.15, 0.2) is 71.0 Å². The number of ether oxygens (including phenoxy) is 9. The number of nitrogens with one attached hydrogen (secondary N) is 1. The summed E-state index contributed by atoms with van der Waals surface area (Å²) in [4.78, 5) is 26.4. The van der Waals surface area contributed by atoms with Crippen molar-refractivity contribution in [2.75, 3.05) is 130 Å². The zero-order chi connectivity index (χ0) is 48.4. The van der Waals surface area contributed by atoms with E-state index in [0.717, 1.165) is 32.4 Å². The van der Waals surface area contributed by atoms with Gasteiger partial charge in [0.05, 0.1) is 130 Å². The average molecular weight is 957 g/mol. The van der Waals surface area contributed by atoms with Crippen LogP contribution in [0.25, 0.3) is 0 Å². The number of hydrogen-bond donors (Lipinski definition) is 2. The quantitative estimate of drug-likeness (QED) is 0.0735. The molecule has 0 bridgehead atoms. The van der Waals surface area contributed by atoms with E-state index in [0.29, 0.717) is 117 Å². The van der Waals surface area contributed by atoms with Crippen LogP contribution in [0.4, 0.5) is 11.4 Å².